The minimum atomic E-state index is 0.0645. The van der Waals surface area contributed by atoms with Gasteiger partial charge < -0.3 is 5.32 Å². The Bertz CT molecular complexity index is 517. The maximum Gasteiger partial charge on any atom is 0.0759 e. The molecule has 1 unspecified atom stereocenters. The number of hydrogen-bond donors (Lipinski definition) is 1. The number of hydrogen-bond acceptors (Lipinski definition) is 3. The lowest BCUT2D eigenvalue weighted by Gasteiger charge is -2.16. The predicted molar refractivity (Wildman–Crippen MR) is 74.0 cm³/mol. The van der Waals surface area contributed by atoms with E-state index in [-0.39, 0.29) is 6.04 Å². The van der Waals surface area contributed by atoms with E-state index < -0.39 is 0 Å². The van der Waals surface area contributed by atoms with E-state index in [0.29, 0.717) is 16.5 Å². The van der Waals surface area contributed by atoms with E-state index in [2.05, 4.69) is 15.3 Å². The molecule has 1 aromatic heterocycles. The molecule has 0 saturated heterocycles. The van der Waals surface area contributed by atoms with Crippen LogP contribution in [0.25, 0.3) is 0 Å². The standard InChI is InChI=1S/C13H13Cl2N3/c1-16-12(13-8-17-4-5-18-13)7-9-6-10(14)2-3-11(9)15/h2-6,8,12,16H,7H2,1H3. The van der Waals surface area contributed by atoms with Crippen LogP contribution in [0.5, 0.6) is 0 Å². The molecule has 1 heterocycles. The summed E-state index contributed by atoms with van der Waals surface area (Å²) in [4.78, 5) is 8.37. The zero-order valence-electron chi connectivity index (χ0n) is 9.90. The Morgan fingerprint density at radius 2 is 2.11 bits per heavy atom. The maximum absolute atomic E-state index is 6.16. The van der Waals surface area contributed by atoms with Gasteiger partial charge in [-0.3, -0.25) is 9.97 Å². The van der Waals surface area contributed by atoms with Gasteiger partial charge in [0, 0.05) is 28.6 Å². The maximum atomic E-state index is 6.16. The van der Waals surface area contributed by atoms with Gasteiger partial charge in [0.2, 0.25) is 0 Å². The molecule has 0 spiro atoms. The summed E-state index contributed by atoms with van der Waals surface area (Å²) in [6, 6.07) is 5.53. The van der Waals surface area contributed by atoms with Gasteiger partial charge in [0.15, 0.2) is 0 Å². The first-order chi connectivity index (χ1) is 8.70. The molecule has 5 heteroatoms. The average Bonchev–Trinajstić information content (AvgIpc) is 2.41. The quantitative estimate of drug-likeness (QED) is 0.935. The van der Waals surface area contributed by atoms with Crippen LogP contribution < -0.4 is 5.32 Å². The Kier molecular flexibility index (Phi) is 4.53. The van der Waals surface area contributed by atoms with Gasteiger partial charge in [0.25, 0.3) is 0 Å². The van der Waals surface area contributed by atoms with Crippen LogP contribution in [-0.2, 0) is 6.42 Å². The molecule has 2 aromatic rings. The molecule has 0 aliphatic carbocycles. The normalized spacial score (nSPS) is 12.4. The Balaban J connectivity index is 2.23. The van der Waals surface area contributed by atoms with Gasteiger partial charge in [-0.05, 0) is 37.2 Å². The van der Waals surface area contributed by atoms with E-state index in [1.54, 1.807) is 24.7 Å². The Morgan fingerprint density at radius 3 is 2.78 bits per heavy atom. The van der Waals surface area contributed by atoms with Gasteiger partial charge in [0.1, 0.15) is 0 Å². The fraction of sp³-hybridized carbons (Fsp3) is 0.231. The van der Waals surface area contributed by atoms with E-state index >= 15 is 0 Å². The molecule has 1 N–H and O–H groups in total. The zero-order valence-corrected chi connectivity index (χ0v) is 11.4. The third-order valence-corrected chi connectivity index (χ3v) is 3.32. The molecule has 0 radical (unpaired) electrons. The van der Waals surface area contributed by atoms with Crippen LogP contribution in [0, 0.1) is 0 Å². The number of halogens is 2. The Hall–Kier alpha value is -1.16. The Morgan fingerprint density at radius 1 is 1.28 bits per heavy atom. The van der Waals surface area contributed by atoms with Crippen molar-refractivity contribution in [3.63, 3.8) is 0 Å². The van der Waals surface area contributed by atoms with Crippen LogP contribution in [0.15, 0.2) is 36.8 Å². The molecular formula is C13H13Cl2N3. The molecule has 3 nitrogen and oxygen atoms in total. The summed E-state index contributed by atoms with van der Waals surface area (Å²) in [7, 11) is 1.89. The first kappa shape index (κ1) is 13.3. The van der Waals surface area contributed by atoms with E-state index in [4.69, 9.17) is 23.2 Å². The van der Waals surface area contributed by atoms with E-state index in [1.807, 2.05) is 19.2 Å². The fourth-order valence-electron chi connectivity index (χ4n) is 1.76. The largest absolute Gasteiger partial charge is 0.311 e. The summed E-state index contributed by atoms with van der Waals surface area (Å²) >= 11 is 12.1. The summed E-state index contributed by atoms with van der Waals surface area (Å²) in [5.41, 5.74) is 1.88. The number of likely N-dealkylation sites (N-methyl/N-ethyl adjacent to an activating group) is 1. The van der Waals surface area contributed by atoms with Crippen LogP contribution in [0.4, 0.5) is 0 Å². The first-order valence-electron chi connectivity index (χ1n) is 5.58. The highest BCUT2D eigenvalue weighted by Gasteiger charge is 2.13. The summed E-state index contributed by atoms with van der Waals surface area (Å²) in [5, 5.41) is 4.60. The zero-order chi connectivity index (χ0) is 13.0. The monoisotopic (exact) mass is 281 g/mol. The lowest BCUT2D eigenvalue weighted by atomic mass is 10.0. The summed E-state index contributed by atoms with van der Waals surface area (Å²) in [6.07, 6.45) is 5.80. The minimum absolute atomic E-state index is 0.0645. The number of nitrogens with zero attached hydrogens (tertiary/aromatic N) is 2. The van der Waals surface area contributed by atoms with Crippen molar-refractivity contribution in [3.8, 4) is 0 Å². The third-order valence-electron chi connectivity index (χ3n) is 2.72. The van der Waals surface area contributed by atoms with Crippen molar-refractivity contribution < 1.29 is 0 Å². The number of aromatic nitrogens is 2. The SMILES string of the molecule is CNC(Cc1cc(Cl)ccc1Cl)c1cnccn1. The molecule has 1 aromatic carbocycles. The van der Waals surface area contributed by atoms with Crippen LogP contribution >= 0.6 is 23.2 Å². The average molecular weight is 282 g/mol. The molecule has 0 fully saturated rings. The lowest BCUT2D eigenvalue weighted by Crippen LogP contribution is -2.20. The third kappa shape index (κ3) is 3.19. The smallest absolute Gasteiger partial charge is 0.0759 e. The second-order valence-corrected chi connectivity index (χ2v) is 4.76. The van der Waals surface area contributed by atoms with Crippen molar-refractivity contribution in [3.05, 3.63) is 58.1 Å². The molecule has 0 bridgehead atoms. The Labute approximate surface area is 116 Å². The van der Waals surface area contributed by atoms with Gasteiger partial charge in [-0.25, -0.2) is 0 Å². The van der Waals surface area contributed by atoms with Crippen molar-refractivity contribution >= 4 is 23.2 Å². The van der Waals surface area contributed by atoms with Crippen molar-refractivity contribution in [1.29, 1.82) is 0 Å². The summed E-state index contributed by atoms with van der Waals surface area (Å²) in [5.74, 6) is 0. The van der Waals surface area contributed by atoms with Gasteiger partial charge >= 0.3 is 0 Å². The van der Waals surface area contributed by atoms with Crippen molar-refractivity contribution in [2.45, 2.75) is 12.5 Å². The second-order valence-electron chi connectivity index (χ2n) is 3.91. The van der Waals surface area contributed by atoms with Crippen LogP contribution in [-0.4, -0.2) is 17.0 Å². The summed E-state index contributed by atoms with van der Waals surface area (Å²) < 4.78 is 0. The highest BCUT2D eigenvalue weighted by molar-refractivity contribution is 6.33. The molecular weight excluding hydrogens is 269 g/mol. The molecule has 0 aliphatic heterocycles. The summed E-state index contributed by atoms with van der Waals surface area (Å²) in [6.45, 7) is 0. The minimum Gasteiger partial charge on any atom is -0.311 e. The number of nitrogens with one attached hydrogen (secondary N) is 1. The van der Waals surface area contributed by atoms with Crippen molar-refractivity contribution in [1.82, 2.24) is 15.3 Å². The molecule has 0 amide bonds. The van der Waals surface area contributed by atoms with Crippen LogP contribution in [0.3, 0.4) is 0 Å². The highest BCUT2D eigenvalue weighted by atomic mass is 35.5. The van der Waals surface area contributed by atoms with Gasteiger partial charge in [-0.1, -0.05) is 23.2 Å². The first-order valence-corrected chi connectivity index (χ1v) is 6.33. The second kappa shape index (κ2) is 6.14. The number of benzene rings is 1. The highest BCUT2D eigenvalue weighted by Crippen LogP contribution is 2.25. The van der Waals surface area contributed by atoms with Gasteiger partial charge in [0.05, 0.1) is 11.7 Å². The topological polar surface area (TPSA) is 37.8 Å². The molecule has 1 atom stereocenters. The lowest BCUT2D eigenvalue weighted by molar-refractivity contribution is 0.573. The molecule has 94 valence electrons. The molecule has 0 aliphatic rings. The predicted octanol–water partition coefficient (Wildman–Crippen LogP) is 3.29. The van der Waals surface area contributed by atoms with E-state index in [0.717, 1.165) is 11.3 Å². The fourth-order valence-corrected chi connectivity index (χ4v) is 2.15. The molecule has 18 heavy (non-hydrogen) atoms. The number of rotatable bonds is 4. The van der Waals surface area contributed by atoms with Gasteiger partial charge in [-0.15, -0.1) is 0 Å². The molecule has 2 rings (SSSR count). The van der Waals surface area contributed by atoms with Crippen molar-refractivity contribution in [2.24, 2.45) is 0 Å². The molecule has 0 saturated carbocycles. The van der Waals surface area contributed by atoms with Crippen LogP contribution in [0.2, 0.25) is 10.0 Å². The van der Waals surface area contributed by atoms with Crippen molar-refractivity contribution in [2.75, 3.05) is 7.05 Å². The van der Waals surface area contributed by atoms with E-state index in [1.165, 1.54) is 0 Å². The van der Waals surface area contributed by atoms with Crippen LogP contribution in [0.1, 0.15) is 17.3 Å². The van der Waals surface area contributed by atoms with E-state index in [9.17, 15) is 0 Å². The van der Waals surface area contributed by atoms with Gasteiger partial charge in [-0.2, -0.15) is 0 Å².